The van der Waals surface area contributed by atoms with Crippen molar-refractivity contribution in [1.82, 2.24) is 9.97 Å². The van der Waals surface area contributed by atoms with Gasteiger partial charge in [0, 0.05) is 11.4 Å². The van der Waals surface area contributed by atoms with Crippen molar-refractivity contribution in [1.29, 1.82) is 0 Å². The number of rotatable bonds is 6. The Morgan fingerprint density at radius 3 is 2.71 bits per heavy atom. The first-order valence-electron chi connectivity index (χ1n) is 7.13. The minimum atomic E-state index is 0.382. The third-order valence-electron chi connectivity index (χ3n) is 3.03. The van der Waals surface area contributed by atoms with Crippen LogP contribution in [0.1, 0.15) is 31.2 Å². The van der Waals surface area contributed by atoms with E-state index in [-0.39, 0.29) is 0 Å². The van der Waals surface area contributed by atoms with E-state index in [1.54, 1.807) is 0 Å². The van der Waals surface area contributed by atoms with E-state index in [9.17, 15) is 0 Å². The summed E-state index contributed by atoms with van der Waals surface area (Å²) in [7, 11) is 0. The molecule has 0 atom stereocenters. The van der Waals surface area contributed by atoms with Crippen molar-refractivity contribution in [3.8, 4) is 5.75 Å². The summed E-state index contributed by atoms with van der Waals surface area (Å²) in [5.74, 6) is 1.73. The number of nitrogens with zero attached hydrogens (tertiary/aromatic N) is 2. The fourth-order valence-electron chi connectivity index (χ4n) is 1.90. The number of para-hydroxylation sites is 2. The summed E-state index contributed by atoms with van der Waals surface area (Å²) < 4.78 is 5.62. The molecule has 2 rings (SSSR count). The quantitative estimate of drug-likeness (QED) is 0.631. The molecular formula is C16H22N4O. The molecule has 0 fully saturated rings. The molecule has 0 bridgehead atoms. The van der Waals surface area contributed by atoms with Crippen LogP contribution >= 0.6 is 0 Å². The minimum Gasteiger partial charge on any atom is -0.490 e. The van der Waals surface area contributed by atoms with Gasteiger partial charge in [0.15, 0.2) is 0 Å². The molecule has 1 heterocycles. The van der Waals surface area contributed by atoms with Gasteiger partial charge in [0.1, 0.15) is 12.4 Å². The number of anilines is 2. The van der Waals surface area contributed by atoms with Crippen molar-refractivity contribution >= 4 is 11.6 Å². The van der Waals surface area contributed by atoms with Gasteiger partial charge >= 0.3 is 0 Å². The predicted molar refractivity (Wildman–Crippen MR) is 85.7 cm³/mol. The standard InChI is InChI=1S/C16H22N4O/c1-11(2)14-10-12(3)19-16(20-14)18-8-9-21-15-7-5-4-6-13(15)17/h4-7,10-11H,8-9,17H2,1-3H3,(H,18,19,20). The summed E-state index contributed by atoms with van der Waals surface area (Å²) >= 11 is 0. The molecule has 0 radical (unpaired) electrons. The fraction of sp³-hybridized carbons (Fsp3) is 0.375. The van der Waals surface area contributed by atoms with E-state index in [0.717, 1.165) is 11.4 Å². The molecule has 0 aliphatic rings. The zero-order chi connectivity index (χ0) is 15.2. The Bertz CT molecular complexity index is 599. The number of aryl methyl sites for hydroxylation is 1. The summed E-state index contributed by atoms with van der Waals surface area (Å²) in [4.78, 5) is 8.87. The zero-order valence-corrected chi connectivity index (χ0v) is 12.8. The summed E-state index contributed by atoms with van der Waals surface area (Å²) in [6.07, 6.45) is 0. The van der Waals surface area contributed by atoms with Crippen LogP contribution in [-0.2, 0) is 0 Å². The summed E-state index contributed by atoms with van der Waals surface area (Å²) in [5, 5.41) is 3.18. The average molecular weight is 286 g/mol. The molecule has 21 heavy (non-hydrogen) atoms. The SMILES string of the molecule is Cc1cc(C(C)C)nc(NCCOc2ccccc2N)n1. The highest BCUT2D eigenvalue weighted by Gasteiger charge is 2.05. The molecule has 0 saturated heterocycles. The second-order valence-corrected chi connectivity index (χ2v) is 5.23. The minimum absolute atomic E-state index is 0.382. The number of ether oxygens (including phenoxy) is 1. The Hall–Kier alpha value is -2.30. The lowest BCUT2D eigenvalue weighted by atomic mass is 10.1. The maximum atomic E-state index is 5.82. The summed E-state index contributed by atoms with van der Waals surface area (Å²) in [6, 6.07) is 9.47. The fourth-order valence-corrected chi connectivity index (χ4v) is 1.90. The smallest absolute Gasteiger partial charge is 0.223 e. The topological polar surface area (TPSA) is 73.1 Å². The van der Waals surface area contributed by atoms with Crippen LogP contribution in [0, 0.1) is 6.92 Å². The largest absolute Gasteiger partial charge is 0.490 e. The Kier molecular flexibility index (Phi) is 4.98. The molecule has 5 heteroatoms. The molecule has 0 amide bonds. The average Bonchev–Trinajstić information content (AvgIpc) is 2.44. The van der Waals surface area contributed by atoms with Gasteiger partial charge in [-0.15, -0.1) is 0 Å². The van der Waals surface area contributed by atoms with Crippen LogP contribution in [0.2, 0.25) is 0 Å². The van der Waals surface area contributed by atoms with Gasteiger partial charge in [0.25, 0.3) is 0 Å². The monoisotopic (exact) mass is 286 g/mol. The van der Waals surface area contributed by atoms with Crippen molar-refractivity contribution in [2.24, 2.45) is 0 Å². The summed E-state index contributed by atoms with van der Waals surface area (Å²) in [6.45, 7) is 7.33. The molecule has 3 N–H and O–H groups in total. The van der Waals surface area contributed by atoms with E-state index < -0.39 is 0 Å². The molecule has 0 aliphatic carbocycles. The van der Waals surface area contributed by atoms with Crippen molar-refractivity contribution in [2.75, 3.05) is 24.2 Å². The maximum absolute atomic E-state index is 5.82. The van der Waals surface area contributed by atoms with Crippen LogP contribution < -0.4 is 15.8 Å². The molecule has 0 aliphatic heterocycles. The first-order chi connectivity index (χ1) is 10.1. The molecule has 112 valence electrons. The highest BCUT2D eigenvalue weighted by molar-refractivity contribution is 5.51. The van der Waals surface area contributed by atoms with Crippen molar-refractivity contribution in [3.05, 3.63) is 41.7 Å². The van der Waals surface area contributed by atoms with E-state index in [1.165, 1.54) is 0 Å². The molecular weight excluding hydrogens is 264 g/mol. The highest BCUT2D eigenvalue weighted by atomic mass is 16.5. The van der Waals surface area contributed by atoms with Crippen molar-refractivity contribution in [2.45, 2.75) is 26.7 Å². The first-order valence-corrected chi connectivity index (χ1v) is 7.13. The lowest BCUT2D eigenvalue weighted by Gasteiger charge is -2.11. The van der Waals surface area contributed by atoms with E-state index in [4.69, 9.17) is 10.5 Å². The van der Waals surface area contributed by atoms with Gasteiger partial charge in [-0.25, -0.2) is 9.97 Å². The second kappa shape index (κ2) is 6.92. The van der Waals surface area contributed by atoms with Gasteiger partial charge in [0.2, 0.25) is 5.95 Å². The van der Waals surface area contributed by atoms with Crippen LogP contribution in [-0.4, -0.2) is 23.1 Å². The highest BCUT2D eigenvalue weighted by Crippen LogP contribution is 2.19. The van der Waals surface area contributed by atoms with Gasteiger partial charge in [-0.3, -0.25) is 0 Å². The zero-order valence-electron chi connectivity index (χ0n) is 12.8. The first kappa shape index (κ1) is 15.1. The Balaban J connectivity index is 1.88. The van der Waals surface area contributed by atoms with Crippen LogP contribution in [0.25, 0.3) is 0 Å². The molecule has 2 aromatic rings. The number of aromatic nitrogens is 2. The van der Waals surface area contributed by atoms with Gasteiger partial charge < -0.3 is 15.8 Å². The maximum Gasteiger partial charge on any atom is 0.223 e. The van der Waals surface area contributed by atoms with E-state index in [2.05, 4.69) is 29.1 Å². The van der Waals surface area contributed by atoms with Crippen LogP contribution in [0.3, 0.4) is 0 Å². The number of hydrogen-bond donors (Lipinski definition) is 2. The normalized spacial score (nSPS) is 10.7. The number of benzene rings is 1. The van der Waals surface area contributed by atoms with E-state index in [1.807, 2.05) is 37.3 Å². The molecule has 0 unspecified atom stereocenters. The third kappa shape index (κ3) is 4.34. The lowest BCUT2D eigenvalue weighted by molar-refractivity contribution is 0.334. The van der Waals surface area contributed by atoms with Crippen LogP contribution in [0.5, 0.6) is 5.75 Å². The molecule has 0 saturated carbocycles. The van der Waals surface area contributed by atoms with E-state index in [0.29, 0.717) is 36.5 Å². The molecule has 1 aromatic heterocycles. The second-order valence-electron chi connectivity index (χ2n) is 5.23. The molecule has 5 nitrogen and oxygen atoms in total. The third-order valence-corrected chi connectivity index (χ3v) is 3.03. The predicted octanol–water partition coefficient (Wildman–Crippen LogP) is 2.98. The number of nitrogens with one attached hydrogen (secondary N) is 1. The Labute approximate surface area is 125 Å². The van der Waals surface area contributed by atoms with Gasteiger partial charge in [0.05, 0.1) is 12.2 Å². The van der Waals surface area contributed by atoms with E-state index >= 15 is 0 Å². The van der Waals surface area contributed by atoms with Gasteiger partial charge in [-0.1, -0.05) is 26.0 Å². The van der Waals surface area contributed by atoms with Crippen molar-refractivity contribution in [3.63, 3.8) is 0 Å². The lowest BCUT2D eigenvalue weighted by Crippen LogP contribution is -2.15. The van der Waals surface area contributed by atoms with Crippen molar-refractivity contribution < 1.29 is 4.74 Å². The Morgan fingerprint density at radius 1 is 1.24 bits per heavy atom. The Morgan fingerprint density at radius 2 is 2.00 bits per heavy atom. The van der Waals surface area contributed by atoms with Crippen LogP contribution in [0.4, 0.5) is 11.6 Å². The summed E-state index contributed by atoms with van der Waals surface area (Å²) in [5.41, 5.74) is 8.46. The molecule has 0 spiro atoms. The van der Waals surface area contributed by atoms with Gasteiger partial charge in [-0.2, -0.15) is 0 Å². The molecule has 1 aromatic carbocycles. The van der Waals surface area contributed by atoms with Gasteiger partial charge in [-0.05, 0) is 31.0 Å². The number of nitrogens with two attached hydrogens (primary N) is 1. The van der Waals surface area contributed by atoms with Crippen LogP contribution in [0.15, 0.2) is 30.3 Å². The number of hydrogen-bond acceptors (Lipinski definition) is 5. The number of nitrogen functional groups attached to an aromatic ring is 1.